The summed E-state index contributed by atoms with van der Waals surface area (Å²) in [5.41, 5.74) is 0. The summed E-state index contributed by atoms with van der Waals surface area (Å²) in [6.45, 7) is 11.1. The number of piperidine rings is 1. The van der Waals surface area contributed by atoms with Crippen LogP contribution >= 0.6 is 0 Å². The van der Waals surface area contributed by atoms with Crippen LogP contribution in [-0.4, -0.2) is 64.3 Å². The highest BCUT2D eigenvalue weighted by atomic mass is 16.5. The Labute approximate surface area is 143 Å². The van der Waals surface area contributed by atoms with E-state index in [-0.39, 0.29) is 30.1 Å². The number of amides is 1. The van der Waals surface area contributed by atoms with E-state index in [1.54, 1.807) is 6.92 Å². The molecule has 0 aromatic carbocycles. The highest BCUT2D eigenvalue weighted by Gasteiger charge is 2.34. The van der Waals surface area contributed by atoms with E-state index in [9.17, 15) is 4.79 Å². The Morgan fingerprint density at radius 3 is 2.33 bits per heavy atom. The Morgan fingerprint density at radius 2 is 1.79 bits per heavy atom. The molecular weight excluding hydrogens is 308 g/mol. The van der Waals surface area contributed by atoms with Crippen LogP contribution in [0.3, 0.4) is 0 Å². The average molecular weight is 336 g/mol. The molecule has 2 fully saturated rings. The molecule has 7 heteroatoms. The summed E-state index contributed by atoms with van der Waals surface area (Å²) in [7, 11) is 0. The summed E-state index contributed by atoms with van der Waals surface area (Å²) in [6, 6.07) is 0.102. The summed E-state index contributed by atoms with van der Waals surface area (Å²) in [5, 5.41) is 8.02. The third-order valence-corrected chi connectivity index (χ3v) is 5.06. The molecule has 2 saturated heterocycles. The molecule has 0 bridgehead atoms. The maximum Gasteiger partial charge on any atom is 0.233 e. The number of hydrogen-bond acceptors (Lipinski definition) is 6. The molecule has 3 heterocycles. The maximum atomic E-state index is 12.8. The lowest BCUT2D eigenvalue weighted by atomic mass is 9.94. The summed E-state index contributed by atoms with van der Waals surface area (Å²) < 4.78 is 11.3. The van der Waals surface area contributed by atoms with Crippen LogP contribution < -0.4 is 0 Å². The Hall–Kier alpha value is -1.47. The standard InChI is InChI=1S/C17H28N4O3/c1-11-9-21(10-12(2)23-11)17(22)15-5-7-20(8-6-15)13(3)16-19-18-14(4)24-16/h11-13,15H,5-10H2,1-4H3. The molecule has 0 radical (unpaired) electrons. The predicted molar refractivity (Wildman–Crippen MR) is 88.3 cm³/mol. The monoisotopic (exact) mass is 336 g/mol. The van der Waals surface area contributed by atoms with E-state index in [1.165, 1.54) is 0 Å². The minimum atomic E-state index is 0.102. The van der Waals surface area contributed by atoms with Crippen LogP contribution in [-0.2, 0) is 9.53 Å². The number of carbonyl (C=O) groups excluding carboxylic acids is 1. The number of ether oxygens (including phenoxy) is 1. The molecule has 24 heavy (non-hydrogen) atoms. The lowest BCUT2D eigenvalue weighted by Crippen LogP contribution is -2.51. The van der Waals surface area contributed by atoms with Gasteiger partial charge in [-0.05, 0) is 46.7 Å². The van der Waals surface area contributed by atoms with Crippen LogP contribution in [0.4, 0.5) is 0 Å². The number of hydrogen-bond donors (Lipinski definition) is 0. The van der Waals surface area contributed by atoms with Gasteiger partial charge >= 0.3 is 0 Å². The number of aromatic nitrogens is 2. The summed E-state index contributed by atoms with van der Waals surface area (Å²) in [6.07, 6.45) is 2.02. The molecule has 3 rings (SSSR count). The molecule has 3 atom stereocenters. The second kappa shape index (κ2) is 7.19. The van der Waals surface area contributed by atoms with Crippen molar-refractivity contribution in [1.82, 2.24) is 20.0 Å². The average Bonchev–Trinajstić information content (AvgIpc) is 2.99. The number of rotatable bonds is 3. The van der Waals surface area contributed by atoms with E-state index >= 15 is 0 Å². The smallest absolute Gasteiger partial charge is 0.233 e. The molecule has 0 saturated carbocycles. The molecule has 0 spiro atoms. The van der Waals surface area contributed by atoms with Gasteiger partial charge in [0.25, 0.3) is 0 Å². The van der Waals surface area contributed by atoms with Gasteiger partial charge in [-0.25, -0.2) is 0 Å². The van der Waals surface area contributed by atoms with E-state index < -0.39 is 0 Å². The van der Waals surface area contributed by atoms with Gasteiger partial charge < -0.3 is 14.1 Å². The Bertz CT molecular complexity index is 558. The van der Waals surface area contributed by atoms with Crippen molar-refractivity contribution >= 4 is 5.91 Å². The predicted octanol–water partition coefficient (Wildman–Crippen LogP) is 1.79. The van der Waals surface area contributed by atoms with Crippen molar-refractivity contribution in [3.63, 3.8) is 0 Å². The topological polar surface area (TPSA) is 71.7 Å². The summed E-state index contributed by atoms with van der Waals surface area (Å²) in [5.74, 6) is 1.67. The van der Waals surface area contributed by atoms with Gasteiger partial charge in [-0.3, -0.25) is 9.69 Å². The fourth-order valence-electron chi connectivity index (χ4n) is 3.79. The van der Waals surface area contributed by atoms with Crippen LogP contribution in [0.2, 0.25) is 0 Å². The first-order valence-corrected chi connectivity index (χ1v) is 8.92. The molecule has 1 amide bonds. The minimum Gasteiger partial charge on any atom is -0.424 e. The molecule has 0 aliphatic carbocycles. The number of aryl methyl sites for hydroxylation is 1. The fourth-order valence-corrected chi connectivity index (χ4v) is 3.79. The van der Waals surface area contributed by atoms with Crippen LogP contribution in [0.15, 0.2) is 4.42 Å². The van der Waals surface area contributed by atoms with Crippen molar-refractivity contribution in [2.45, 2.75) is 58.8 Å². The van der Waals surface area contributed by atoms with Crippen molar-refractivity contribution in [2.24, 2.45) is 5.92 Å². The first-order chi connectivity index (χ1) is 11.4. The molecule has 7 nitrogen and oxygen atoms in total. The van der Waals surface area contributed by atoms with Crippen molar-refractivity contribution in [1.29, 1.82) is 0 Å². The van der Waals surface area contributed by atoms with Crippen molar-refractivity contribution in [3.05, 3.63) is 11.8 Å². The van der Waals surface area contributed by atoms with Crippen molar-refractivity contribution < 1.29 is 13.9 Å². The van der Waals surface area contributed by atoms with E-state index in [4.69, 9.17) is 9.15 Å². The molecule has 2 aliphatic rings. The number of likely N-dealkylation sites (tertiary alicyclic amines) is 1. The van der Waals surface area contributed by atoms with Crippen LogP contribution in [0.25, 0.3) is 0 Å². The van der Waals surface area contributed by atoms with Gasteiger partial charge in [-0.15, -0.1) is 10.2 Å². The first-order valence-electron chi connectivity index (χ1n) is 8.92. The van der Waals surface area contributed by atoms with E-state index in [2.05, 4.69) is 22.0 Å². The van der Waals surface area contributed by atoms with E-state index in [0.717, 1.165) is 25.9 Å². The highest BCUT2D eigenvalue weighted by molar-refractivity contribution is 5.79. The zero-order valence-corrected chi connectivity index (χ0v) is 15.1. The third kappa shape index (κ3) is 3.78. The third-order valence-electron chi connectivity index (χ3n) is 5.06. The molecule has 1 aromatic heterocycles. The second-order valence-corrected chi connectivity index (χ2v) is 7.15. The van der Waals surface area contributed by atoms with Crippen LogP contribution in [0.5, 0.6) is 0 Å². The Kier molecular flexibility index (Phi) is 5.20. The van der Waals surface area contributed by atoms with E-state index in [0.29, 0.717) is 24.9 Å². The zero-order valence-electron chi connectivity index (χ0n) is 15.1. The van der Waals surface area contributed by atoms with Gasteiger partial charge in [0.1, 0.15) is 0 Å². The zero-order chi connectivity index (χ0) is 17.3. The molecule has 0 N–H and O–H groups in total. The van der Waals surface area contributed by atoms with Crippen LogP contribution in [0.1, 0.15) is 51.4 Å². The minimum absolute atomic E-state index is 0.102. The Morgan fingerprint density at radius 1 is 1.17 bits per heavy atom. The molecule has 3 unspecified atom stereocenters. The second-order valence-electron chi connectivity index (χ2n) is 7.15. The SMILES string of the molecule is Cc1nnc(C(C)N2CCC(C(=O)N3CC(C)OC(C)C3)CC2)o1. The van der Waals surface area contributed by atoms with E-state index in [1.807, 2.05) is 18.7 Å². The molecule has 1 aromatic rings. The van der Waals surface area contributed by atoms with Crippen molar-refractivity contribution in [2.75, 3.05) is 26.2 Å². The maximum absolute atomic E-state index is 12.8. The Balaban J connectivity index is 1.54. The quantitative estimate of drug-likeness (QED) is 0.838. The normalized spacial score (nSPS) is 28.1. The summed E-state index contributed by atoms with van der Waals surface area (Å²) in [4.78, 5) is 17.1. The fraction of sp³-hybridized carbons (Fsp3) is 0.824. The van der Waals surface area contributed by atoms with Gasteiger partial charge in [-0.2, -0.15) is 0 Å². The van der Waals surface area contributed by atoms with Crippen molar-refractivity contribution in [3.8, 4) is 0 Å². The van der Waals surface area contributed by atoms with Gasteiger partial charge in [0, 0.05) is 25.9 Å². The molecule has 134 valence electrons. The summed E-state index contributed by atoms with van der Waals surface area (Å²) >= 11 is 0. The highest BCUT2D eigenvalue weighted by Crippen LogP contribution is 2.27. The van der Waals surface area contributed by atoms with Gasteiger partial charge in [0.15, 0.2) is 0 Å². The largest absolute Gasteiger partial charge is 0.424 e. The first kappa shape index (κ1) is 17.4. The van der Waals surface area contributed by atoms with Gasteiger partial charge in [0.2, 0.25) is 17.7 Å². The lowest BCUT2D eigenvalue weighted by Gasteiger charge is -2.40. The van der Waals surface area contributed by atoms with Gasteiger partial charge in [0.05, 0.1) is 18.2 Å². The van der Waals surface area contributed by atoms with Crippen LogP contribution in [0, 0.1) is 12.8 Å². The number of morpholine rings is 1. The molecule has 2 aliphatic heterocycles. The van der Waals surface area contributed by atoms with Gasteiger partial charge in [-0.1, -0.05) is 0 Å². The number of nitrogens with zero attached hydrogens (tertiary/aromatic N) is 4. The lowest BCUT2D eigenvalue weighted by molar-refractivity contribution is -0.149. The molecular formula is C17H28N4O3. The number of carbonyl (C=O) groups is 1.